The molecule has 5 heteroatoms. The second kappa shape index (κ2) is 18.5. The molecule has 295 valence electrons. The van der Waals surface area contributed by atoms with E-state index in [1.807, 2.05) is 17.5 Å². The van der Waals surface area contributed by atoms with E-state index in [0.29, 0.717) is 5.92 Å². The summed E-state index contributed by atoms with van der Waals surface area (Å²) >= 11 is 1.86. The number of thiophene rings is 1. The fourth-order valence-corrected chi connectivity index (χ4v) is 12.0. The Morgan fingerprint density at radius 1 is 0.719 bits per heavy atom. The van der Waals surface area contributed by atoms with Gasteiger partial charge in [0.25, 0.3) is 0 Å². The fourth-order valence-electron chi connectivity index (χ4n) is 9.07. The van der Waals surface area contributed by atoms with Gasteiger partial charge in [0.2, 0.25) is 0 Å². The van der Waals surface area contributed by atoms with Gasteiger partial charge in [-0.15, -0.1) is 59.2 Å². The van der Waals surface area contributed by atoms with E-state index in [1.165, 1.54) is 117 Å². The Hall–Kier alpha value is -3.73. The van der Waals surface area contributed by atoms with Gasteiger partial charge in [-0.3, -0.25) is 0 Å². The molecule has 3 heterocycles. The van der Waals surface area contributed by atoms with E-state index in [1.54, 1.807) is 0 Å². The van der Waals surface area contributed by atoms with Gasteiger partial charge >= 0.3 is 0 Å². The van der Waals surface area contributed by atoms with Crippen LogP contribution in [0.15, 0.2) is 109 Å². The normalized spacial score (nSPS) is 15.1. The van der Waals surface area contributed by atoms with Crippen molar-refractivity contribution in [2.45, 2.75) is 110 Å². The summed E-state index contributed by atoms with van der Waals surface area (Å²) in [5, 5.41) is 4.12. The first-order valence-corrected chi connectivity index (χ1v) is 25.4. The third-order valence-corrected chi connectivity index (χ3v) is 15.4. The van der Waals surface area contributed by atoms with Crippen molar-refractivity contribution in [3.8, 4) is 33.6 Å². The maximum atomic E-state index is 4.83. The molecule has 2 aliphatic carbocycles. The van der Waals surface area contributed by atoms with Gasteiger partial charge in [0.05, 0.1) is 8.07 Å². The smallest absolute Gasteiger partial charge is 0.0799 e. The molecule has 0 unspecified atom stereocenters. The Labute approximate surface area is 360 Å². The van der Waals surface area contributed by atoms with Gasteiger partial charge in [-0.05, 0) is 86.9 Å². The first kappa shape index (κ1) is 41.4. The summed E-state index contributed by atoms with van der Waals surface area (Å²) in [6.45, 7) is 11.8. The molecule has 4 aromatic carbocycles. The molecule has 0 atom stereocenters. The van der Waals surface area contributed by atoms with Crippen LogP contribution in [0.2, 0.25) is 19.6 Å². The predicted molar refractivity (Wildman–Crippen MR) is 244 cm³/mol. The second-order valence-electron chi connectivity index (χ2n) is 17.6. The molecule has 2 aliphatic rings. The summed E-state index contributed by atoms with van der Waals surface area (Å²) in [4.78, 5) is 9.59. The maximum Gasteiger partial charge on any atom is 0.0799 e. The summed E-state index contributed by atoms with van der Waals surface area (Å²) in [6.07, 6.45) is 17.7. The minimum absolute atomic E-state index is 0. The Morgan fingerprint density at radius 3 is 2.23 bits per heavy atom. The monoisotopic (exact) mass is 961 g/mol. The van der Waals surface area contributed by atoms with Crippen LogP contribution in [-0.2, 0) is 26.5 Å². The van der Waals surface area contributed by atoms with E-state index in [9.17, 15) is 0 Å². The van der Waals surface area contributed by atoms with Crippen LogP contribution in [0.5, 0.6) is 0 Å². The predicted octanol–water partition coefficient (Wildman–Crippen LogP) is 14.6. The van der Waals surface area contributed by atoms with Crippen LogP contribution in [0.25, 0.3) is 53.8 Å². The number of aromatic nitrogens is 2. The third-order valence-electron chi connectivity index (χ3n) is 12.2. The third kappa shape index (κ3) is 9.60. The zero-order valence-corrected chi connectivity index (χ0v) is 38.5. The number of nitrogens with zero attached hydrogens (tertiary/aromatic N) is 2. The van der Waals surface area contributed by atoms with Crippen molar-refractivity contribution in [1.82, 2.24) is 9.97 Å². The van der Waals surface area contributed by atoms with Crippen LogP contribution in [-0.4, -0.2) is 18.0 Å². The van der Waals surface area contributed by atoms with Gasteiger partial charge in [0, 0.05) is 37.2 Å². The molecule has 57 heavy (non-hydrogen) atoms. The molecule has 0 aliphatic heterocycles. The van der Waals surface area contributed by atoms with Gasteiger partial charge in [0.15, 0.2) is 0 Å². The quantitative estimate of drug-likeness (QED) is 0.112. The van der Waals surface area contributed by atoms with E-state index >= 15 is 0 Å². The summed E-state index contributed by atoms with van der Waals surface area (Å²) in [5.74, 6) is 2.11. The van der Waals surface area contributed by atoms with Crippen molar-refractivity contribution in [3.05, 3.63) is 138 Å². The van der Waals surface area contributed by atoms with Crippen LogP contribution >= 0.6 is 11.3 Å². The minimum atomic E-state index is -1.37. The molecule has 2 saturated carbocycles. The van der Waals surface area contributed by atoms with Crippen LogP contribution < -0.4 is 5.19 Å². The van der Waals surface area contributed by atoms with Gasteiger partial charge in [-0.1, -0.05) is 150 Å². The summed E-state index contributed by atoms with van der Waals surface area (Å²) < 4.78 is 2.61. The topological polar surface area (TPSA) is 25.8 Å². The zero-order valence-electron chi connectivity index (χ0n) is 34.3. The number of hydrogen-bond acceptors (Lipinski definition) is 3. The minimum Gasteiger partial charge on any atom is -0.305 e. The van der Waals surface area contributed by atoms with Crippen LogP contribution in [0.4, 0.5) is 0 Å². The summed E-state index contributed by atoms with van der Waals surface area (Å²) in [5.41, 5.74) is 11.3. The number of pyridine rings is 2. The van der Waals surface area contributed by atoms with Crippen LogP contribution in [0.3, 0.4) is 0 Å². The Balaban J connectivity index is 0.000000179. The van der Waals surface area contributed by atoms with Gasteiger partial charge < -0.3 is 9.97 Å². The average molecular weight is 961 g/mol. The molecule has 0 N–H and O–H groups in total. The standard InChI is InChI=1S/C30H26NS.C22H30NSi.Ir/c1-3-8-21(9-4-1)18-22-16-17-31-28(19-22)27-13-7-12-26-25-15-14-24(20-29(25)32-30(26)27)23-10-5-2-6-11-23;1-16(2)20-14-21(23-15-22(20)24(3,4)5)19-12-8-11-18(13-19)17-9-6-7-10-17;/h2,5-7,10-12,14-17,19-21H,1,3-4,8-9,18H2;8,11,13-17H,6-7,9-10H2,1-5H3;/q2*-1;. The number of hydrogen-bond donors (Lipinski definition) is 0. The molecular weight excluding hydrogens is 905 g/mol. The Bertz CT molecular complexity index is 2420. The Morgan fingerprint density at radius 2 is 1.47 bits per heavy atom. The summed E-state index contributed by atoms with van der Waals surface area (Å²) in [7, 11) is -1.37. The first-order valence-electron chi connectivity index (χ1n) is 21.1. The molecule has 2 fully saturated rings. The number of fused-ring (bicyclic) bond motifs is 3. The van der Waals surface area contributed by atoms with E-state index in [2.05, 4.69) is 149 Å². The molecule has 0 saturated heterocycles. The largest absolute Gasteiger partial charge is 0.305 e. The molecule has 0 amide bonds. The van der Waals surface area contributed by atoms with E-state index in [0.717, 1.165) is 34.4 Å². The SMILES string of the molecule is CC(C)c1cc(-c2[c-]ccc(C3CCCC3)c2)ncc1[Si](C)(C)C.[Ir].[c-]1ccc2c(sc3cc(-c4ccccc4)ccc32)c1-c1cc(CC2CCCCC2)ccn1. The average Bonchev–Trinajstić information content (AvgIpc) is 3.90. The molecule has 7 aromatic rings. The zero-order chi connectivity index (χ0) is 38.6. The van der Waals surface area contributed by atoms with Gasteiger partial charge in [-0.2, -0.15) is 11.3 Å². The second-order valence-corrected chi connectivity index (χ2v) is 23.7. The molecule has 0 spiro atoms. The maximum absolute atomic E-state index is 4.83. The van der Waals surface area contributed by atoms with Crippen LogP contribution in [0.1, 0.15) is 100 Å². The molecule has 1 radical (unpaired) electrons. The van der Waals surface area contributed by atoms with Crippen molar-refractivity contribution in [2.75, 3.05) is 0 Å². The molecule has 9 rings (SSSR count). The number of rotatable bonds is 8. The molecular formula is C52H56IrN2SSi-2. The molecule has 3 aromatic heterocycles. The van der Waals surface area contributed by atoms with Crippen LogP contribution in [0, 0.1) is 18.1 Å². The fraction of sp³-hybridized carbons (Fsp3) is 0.346. The van der Waals surface area contributed by atoms with Crippen molar-refractivity contribution < 1.29 is 20.1 Å². The van der Waals surface area contributed by atoms with Gasteiger partial charge in [0.1, 0.15) is 0 Å². The van der Waals surface area contributed by atoms with E-state index in [-0.39, 0.29) is 20.1 Å². The summed E-state index contributed by atoms with van der Waals surface area (Å²) in [6, 6.07) is 42.2. The van der Waals surface area contributed by atoms with E-state index in [4.69, 9.17) is 9.97 Å². The van der Waals surface area contributed by atoms with Crippen molar-refractivity contribution in [2.24, 2.45) is 5.92 Å². The first-order chi connectivity index (χ1) is 27.2. The van der Waals surface area contributed by atoms with E-state index < -0.39 is 8.07 Å². The van der Waals surface area contributed by atoms with Crippen molar-refractivity contribution in [3.63, 3.8) is 0 Å². The molecule has 0 bridgehead atoms. The van der Waals surface area contributed by atoms with Gasteiger partial charge in [-0.25, -0.2) is 0 Å². The Kier molecular flexibility index (Phi) is 13.4. The van der Waals surface area contributed by atoms with Crippen molar-refractivity contribution in [1.29, 1.82) is 0 Å². The molecule has 2 nitrogen and oxygen atoms in total. The number of benzene rings is 4. The van der Waals surface area contributed by atoms with Crippen molar-refractivity contribution >= 4 is 44.8 Å².